The van der Waals surface area contributed by atoms with Crippen molar-refractivity contribution in [2.75, 3.05) is 11.9 Å². The fourth-order valence-corrected chi connectivity index (χ4v) is 3.80. The number of hydrogen-bond donors (Lipinski definition) is 1. The number of para-hydroxylation sites is 2. The molecule has 1 N–H and O–H groups in total. The molecule has 0 saturated heterocycles. The van der Waals surface area contributed by atoms with Crippen molar-refractivity contribution in [2.45, 2.75) is 26.4 Å². The number of ether oxygens (including phenoxy) is 1. The monoisotopic (exact) mass is 386 g/mol. The van der Waals surface area contributed by atoms with Gasteiger partial charge in [0.25, 0.3) is 0 Å². The van der Waals surface area contributed by atoms with Gasteiger partial charge >= 0.3 is 0 Å². The van der Waals surface area contributed by atoms with Crippen molar-refractivity contribution in [3.8, 4) is 5.75 Å². The zero-order valence-electron chi connectivity index (χ0n) is 14.8. The summed E-state index contributed by atoms with van der Waals surface area (Å²) in [5, 5.41) is 6.06. The molecule has 3 aromatic rings. The van der Waals surface area contributed by atoms with Crippen molar-refractivity contribution in [1.29, 1.82) is 0 Å². The molecule has 0 spiro atoms. The van der Waals surface area contributed by atoms with Gasteiger partial charge in [0.2, 0.25) is 0 Å². The van der Waals surface area contributed by atoms with Crippen LogP contribution in [0, 0.1) is 0 Å². The standard InChI is InChI=1S/C20H22N2O2S2/c1-3-23-18-10-5-4-9-17(18)21-20(25)22(14-16-8-6-12-24-16)15(2)19-11-7-13-26-19/h4-13,15H,3,14H2,1-2H3,(H,21,25)/t15-/m1/s1. The summed E-state index contributed by atoms with van der Waals surface area (Å²) in [5.74, 6) is 1.66. The van der Waals surface area contributed by atoms with Gasteiger partial charge in [0, 0.05) is 4.88 Å². The summed E-state index contributed by atoms with van der Waals surface area (Å²) < 4.78 is 11.2. The van der Waals surface area contributed by atoms with Crippen LogP contribution in [0.15, 0.2) is 64.6 Å². The number of nitrogens with zero attached hydrogens (tertiary/aromatic N) is 1. The van der Waals surface area contributed by atoms with Crippen LogP contribution in [0.3, 0.4) is 0 Å². The highest BCUT2D eigenvalue weighted by molar-refractivity contribution is 7.80. The molecule has 3 rings (SSSR count). The van der Waals surface area contributed by atoms with Crippen molar-refractivity contribution in [3.63, 3.8) is 0 Å². The molecule has 0 fully saturated rings. The molecule has 0 unspecified atom stereocenters. The number of furan rings is 1. The molecule has 0 aliphatic heterocycles. The number of hydrogen-bond acceptors (Lipinski definition) is 4. The zero-order chi connectivity index (χ0) is 18.4. The molecular formula is C20H22N2O2S2. The van der Waals surface area contributed by atoms with Gasteiger partial charge in [0.1, 0.15) is 11.5 Å². The molecule has 1 aromatic carbocycles. The Bertz CT molecular complexity index is 816. The Morgan fingerprint density at radius 2 is 2.08 bits per heavy atom. The Morgan fingerprint density at radius 3 is 2.77 bits per heavy atom. The molecule has 0 radical (unpaired) electrons. The minimum Gasteiger partial charge on any atom is -0.492 e. The van der Waals surface area contributed by atoms with Gasteiger partial charge < -0.3 is 19.4 Å². The highest BCUT2D eigenvalue weighted by atomic mass is 32.1. The van der Waals surface area contributed by atoms with Crippen molar-refractivity contribution in [1.82, 2.24) is 4.90 Å². The first-order chi connectivity index (χ1) is 12.7. The van der Waals surface area contributed by atoms with Crippen LogP contribution in [0.4, 0.5) is 5.69 Å². The van der Waals surface area contributed by atoms with Crippen LogP contribution < -0.4 is 10.1 Å². The zero-order valence-corrected chi connectivity index (χ0v) is 16.5. The van der Waals surface area contributed by atoms with E-state index in [4.69, 9.17) is 21.4 Å². The third kappa shape index (κ3) is 4.45. The lowest BCUT2D eigenvalue weighted by Crippen LogP contribution is -2.36. The van der Waals surface area contributed by atoms with Crippen molar-refractivity contribution < 1.29 is 9.15 Å². The van der Waals surface area contributed by atoms with Gasteiger partial charge in [-0.2, -0.15) is 0 Å². The Balaban J connectivity index is 1.82. The van der Waals surface area contributed by atoms with Crippen LogP contribution >= 0.6 is 23.6 Å². The average molecular weight is 387 g/mol. The second-order valence-electron chi connectivity index (χ2n) is 5.76. The fraction of sp³-hybridized carbons (Fsp3) is 0.250. The number of rotatable bonds is 7. The first kappa shape index (κ1) is 18.5. The van der Waals surface area contributed by atoms with Crippen molar-refractivity contribution in [2.24, 2.45) is 0 Å². The summed E-state index contributed by atoms with van der Waals surface area (Å²) >= 11 is 7.47. The molecule has 6 heteroatoms. The molecule has 2 aromatic heterocycles. The fourth-order valence-electron chi connectivity index (χ4n) is 2.68. The summed E-state index contributed by atoms with van der Waals surface area (Å²) in [4.78, 5) is 3.38. The lowest BCUT2D eigenvalue weighted by atomic mass is 10.2. The minimum atomic E-state index is 0.124. The second kappa shape index (κ2) is 8.87. The van der Waals surface area contributed by atoms with E-state index in [0.29, 0.717) is 18.3 Å². The van der Waals surface area contributed by atoms with Crippen LogP contribution in [0.5, 0.6) is 5.75 Å². The number of thiophene rings is 1. The van der Waals surface area contributed by atoms with E-state index >= 15 is 0 Å². The SMILES string of the molecule is CCOc1ccccc1NC(=S)N(Cc1ccco1)[C@H](C)c1cccs1. The highest BCUT2D eigenvalue weighted by Crippen LogP contribution is 2.29. The Morgan fingerprint density at radius 1 is 1.23 bits per heavy atom. The number of nitrogens with one attached hydrogen (secondary N) is 1. The molecule has 4 nitrogen and oxygen atoms in total. The van der Waals surface area contributed by atoms with E-state index in [9.17, 15) is 0 Å². The molecule has 136 valence electrons. The summed E-state index contributed by atoms with van der Waals surface area (Å²) in [5.41, 5.74) is 0.863. The molecule has 0 bridgehead atoms. The van der Waals surface area contributed by atoms with Gasteiger partial charge in [-0.25, -0.2) is 0 Å². The van der Waals surface area contributed by atoms with Gasteiger partial charge in [-0.15, -0.1) is 11.3 Å². The molecular weight excluding hydrogens is 364 g/mol. The molecule has 0 aliphatic rings. The van der Waals surface area contributed by atoms with Crippen LogP contribution in [0.1, 0.15) is 30.5 Å². The molecule has 0 aliphatic carbocycles. The molecule has 0 saturated carbocycles. The maximum atomic E-state index is 5.75. The summed E-state index contributed by atoms with van der Waals surface area (Å²) in [7, 11) is 0. The predicted octanol–water partition coefficient (Wildman–Crippen LogP) is 5.70. The normalized spacial score (nSPS) is 11.8. The van der Waals surface area contributed by atoms with Gasteiger partial charge in [-0.05, 0) is 61.8 Å². The van der Waals surface area contributed by atoms with Gasteiger partial charge in [-0.1, -0.05) is 18.2 Å². The Labute approximate surface area is 163 Å². The van der Waals surface area contributed by atoms with E-state index in [1.807, 2.05) is 43.3 Å². The second-order valence-corrected chi connectivity index (χ2v) is 7.12. The van der Waals surface area contributed by atoms with Crippen molar-refractivity contribution >= 4 is 34.4 Å². The third-order valence-corrected chi connectivity index (χ3v) is 5.40. The molecule has 0 amide bonds. The highest BCUT2D eigenvalue weighted by Gasteiger charge is 2.21. The smallest absolute Gasteiger partial charge is 0.174 e. The van der Waals surface area contributed by atoms with Gasteiger partial charge in [-0.3, -0.25) is 0 Å². The number of benzene rings is 1. The lowest BCUT2D eigenvalue weighted by molar-refractivity contribution is 0.306. The third-order valence-electron chi connectivity index (χ3n) is 4.02. The molecule has 26 heavy (non-hydrogen) atoms. The van der Waals surface area contributed by atoms with Crippen LogP contribution in [0.25, 0.3) is 0 Å². The minimum absolute atomic E-state index is 0.124. The van der Waals surface area contributed by atoms with E-state index in [2.05, 4.69) is 34.7 Å². The van der Waals surface area contributed by atoms with Crippen molar-refractivity contribution in [3.05, 3.63) is 70.8 Å². The summed E-state index contributed by atoms with van der Waals surface area (Å²) in [6, 6.07) is 16.0. The lowest BCUT2D eigenvalue weighted by Gasteiger charge is -2.31. The van der Waals surface area contributed by atoms with Gasteiger partial charge in [0.15, 0.2) is 5.11 Å². The molecule has 2 heterocycles. The van der Waals surface area contributed by atoms with E-state index < -0.39 is 0 Å². The van der Waals surface area contributed by atoms with Crippen LogP contribution in [-0.2, 0) is 6.54 Å². The maximum Gasteiger partial charge on any atom is 0.174 e. The quantitative estimate of drug-likeness (QED) is 0.527. The van der Waals surface area contributed by atoms with E-state index in [1.165, 1.54) is 4.88 Å². The average Bonchev–Trinajstić information content (AvgIpc) is 3.35. The Kier molecular flexibility index (Phi) is 6.30. The van der Waals surface area contributed by atoms with Crippen LogP contribution in [0.2, 0.25) is 0 Å². The van der Waals surface area contributed by atoms with Gasteiger partial charge in [0.05, 0.1) is 31.1 Å². The van der Waals surface area contributed by atoms with E-state index in [0.717, 1.165) is 17.2 Å². The molecule has 1 atom stereocenters. The first-order valence-corrected chi connectivity index (χ1v) is 9.83. The number of thiocarbonyl (C=S) groups is 1. The topological polar surface area (TPSA) is 37.6 Å². The largest absolute Gasteiger partial charge is 0.492 e. The summed E-state index contributed by atoms with van der Waals surface area (Å²) in [6.07, 6.45) is 1.68. The van der Waals surface area contributed by atoms with E-state index in [-0.39, 0.29) is 6.04 Å². The first-order valence-electron chi connectivity index (χ1n) is 8.54. The predicted molar refractivity (Wildman–Crippen MR) is 111 cm³/mol. The number of anilines is 1. The Hall–Kier alpha value is -2.31. The maximum absolute atomic E-state index is 5.75. The van der Waals surface area contributed by atoms with E-state index in [1.54, 1.807) is 17.6 Å². The van der Waals surface area contributed by atoms with Crippen LogP contribution in [-0.4, -0.2) is 16.6 Å². The summed E-state index contributed by atoms with van der Waals surface area (Å²) in [6.45, 7) is 5.32.